The van der Waals surface area contributed by atoms with Gasteiger partial charge in [0.05, 0.1) is 6.54 Å². The van der Waals surface area contributed by atoms with E-state index in [4.69, 9.17) is 24.9 Å². The molecule has 0 unspecified atom stereocenters. The van der Waals surface area contributed by atoms with Crippen molar-refractivity contribution in [2.45, 2.75) is 39.8 Å². The molecule has 0 aliphatic carbocycles. The van der Waals surface area contributed by atoms with Gasteiger partial charge < -0.3 is 19.8 Å². The fourth-order valence-corrected chi connectivity index (χ4v) is 2.31. The number of nitrogens with zero attached hydrogens (tertiary/aromatic N) is 4. The van der Waals surface area contributed by atoms with Gasteiger partial charge in [-0.15, -0.1) is 0 Å². The molecule has 1 heterocycles. The lowest BCUT2D eigenvalue weighted by Crippen LogP contribution is -2.32. The van der Waals surface area contributed by atoms with Crippen LogP contribution >= 0.6 is 0 Å². The van der Waals surface area contributed by atoms with Crippen molar-refractivity contribution in [3.05, 3.63) is 47.0 Å². The zero-order valence-corrected chi connectivity index (χ0v) is 17.0. The second-order valence-corrected chi connectivity index (χ2v) is 7.17. The summed E-state index contributed by atoms with van der Waals surface area (Å²) in [5, 5.41) is 32.2. The minimum atomic E-state index is -0.592. The fraction of sp³-hybridized carbons (Fsp3) is 0.286. The number of oxazole rings is 1. The van der Waals surface area contributed by atoms with E-state index in [1.807, 2.05) is 0 Å². The summed E-state index contributed by atoms with van der Waals surface area (Å²) in [6, 6.07) is 11.9. The van der Waals surface area contributed by atoms with Gasteiger partial charge in [-0.2, -0.15) is 15.8 Å². The summed E-state index contributed by atoms with van der Waals surface area (Å²) in [6.07, 6.45) is -0.544. The number of ether oxygens (including phenoxy) is 1. The molecule has 152 valence electrons. The molecule has 0 saturated carbocycles. The Balaban J connectivity index is 2.11. The van der Waals surface area contributed by atoms with Crippen LogP contribution in [0, 0.1) is 40.9 Å². The van der Waals surface area contributed by atoms with Gasteiger partial charge in [-0.1, -0.05) is 0 Å². The van der Waals surface area contributed by atoms with E-state index < -0.39 is 11.7 Å². The molecule has 0 bridgehead atoms. The molecule has 2 aromatic rings. The molecule has 2 N–H and O–H groups in total. The number of hydrogen-bond acceptors (Lipinski definition) is 8. The number of allylic oxidation sites excluding steroid dienone is 2. The van der Waals surface area contributed by atoms with Crippen LogP contribution < -0.4 is 10.6 Å². The molecule has 0 spiro atoms. The molecular weight excluding hydrogens is 384 g/mol. The van der Waals surface area contributed by atoms with Crippen molar-refractivity contribution in [1.82, 2.24) is 10.3 Å². The van der Waals surface area contributed by atoms with Gasteiger partial charge in [0, 0.05) is 11.3 Å². The molecule has 0 saturated heterocycles. The summed E-state index contributed by atoms with van der Waals surface area (Å²) < 4.78 is 10.9. The topological polar surface area (TPSA) is 148 Å². The standard InChI is InChI=1S/C21H20N6O3/c1-13-18(12-25-20(28)30-21(2,3)4)27-19(29-13)14-5-7-16(8-6-14)26-17(11-24)15(9-22)10-23/h5-8,26H,12H2,1-4H3,(H,25,28). The average molecular weight is 404 g/mol. The first-order valence-electron chi connectivity index (χ1n) is 8.92. The SMILES string of the molecule is Cc1oc(-c2ccc(NC(C#N)=C(C#N)C#N)cc2)nc1CNC(=O)OC(C)(C)C. The lowest BCUT2D eigenvalue weighted by molar-refractivity contribution is 0.0523. The fourth-order valence-electron chi connectivity index (χ4n) is 2.31. The number of aromatic nitrogens is 1. The van der Waals surface area contributed by atoms with E-state index in [2.05, 4.69) is 15.6 Å². The maximum atomic E-state index is 11.8. The molecular formula is C21H20N6O3. The first-order chi connectivity index (χ1) is 14.2. The lowest BCUT2D eigenvalue weighted by atomic mass is 10.2. The number of rotatable bonds is 5. The number of anilines is 1. The third-order valence-electron chi connectivity index (χ3n) is 3.68. The van der Waals surface area contributed by atoms with Crippen molar-refractivity contribution in [2.24, 2.45) is 0 Å². The molecule has 1 aromatic heterocycles. The maximum absolute atomic E-state index is 11.8. The van der Waals surface area contributed by atoms with Crippen LogP contribution in [0.2, 0.25) is 0 Å². The van der Waals surface area contributed by atoms with Gasteiger partial charge in [0.2, 0.25) is 5.89 Å². The minimum absolute atomic E-state index is 0.129. The predicted octanol–water partition coefficient (Wildman–Crippen LogP) is 3.91. The molecule has 0 radical (unpaired) electrons. The third kappa shape index (κ3) is 5.85. The van der Waals surface area contributed by atoms with Gasteiger partial charge >= 0.3 is 6.09 Å². The van der Waals surface area contributed by atoms with Gasteiger partial charge in [-0.05, 0) is 52.0 Å². The molecule has 2 rings (SSSR count). The van der Waals surface area contributed by atoms with E-state index in [-0.39, 0.29) is 17.8 Å². The summed E-state index contributed by atoms with van der Waals surface area (Å²) in [7, 11) is 0. The summed E-state index contributed by atoms with van der Waals surface area (Å²) in [6.45, 7) is 7.24. The predicted molar refractivity (Wildman–Crippen MR) is 107 cm³/mol. The Kier molecular flexibility index (Phi) is 6.80. The zero-order chi connectivity index (χ0) is 22.3. The Hall–Kier alpha value is -4.29. The normalized spacial score (nSPS) is 10.2. The number of benzene rings is 1. The average Bonchev–Trinajstić information content (AvgIpc) is 3.06. The molecule has 0 fully saturated rings. The zero-order valence-electron chi connectivity index (χ0n) is 17.0. The Morgan fingerprint density at radius 2 is 1.77 bits per heavy atom. The summed E-state index contributed by atoms with van der Waals surface area (Å²) in [5.74, 6) is 0.927. The van der Waals surface area contributed by atoms with E-state index in [9.17, 15) is 4.79 Å². The highest BCUT2D eigenvalue weighted by atomic mass is 16.6. The summed E-state index contributed by atoms with van der Waals surface area (Å²) >= 11 is 0. The Morgan fingerprint density at radius 3 is 2.30 bits per heavy atom. The molecule has 0 atom stereocenters. The van der Waals surface area contributed by atoms with Gasteiger partial charge in [-0.3, -0.25) is 0 Å². The number of carbonyl (C=O) groups excluding carboxylic acids is 1. The van der Waals surface area contributed by atoms with Crippen molar-refractivity contribution < 1.29 is 13.9 Å². The van der Waals surface area contributed by atoms with Crippen LogP contribution in [0.15, 0.2) is 40.0 Å². The number of carbonyl (C=O) groups is 1. The van der Waals surface area contributed by atoms with Gasteiger partial charge in [0.1, 0.15) is 41.0 Å². The monoisotopic (exact) mass is 404 g/mol. The first kappa shape index (κ1) is 22.0. The molecule has 0 aliphatic rings. The number of nitrogens with one attached hydrogen (secondary N) is 2. The Labute approximate surface area is 174 Å². The summed E-state index contributed by atoms with van der Waals surface area (Å²) in [4.78, 5) is 16.2. The quantitative estimate of drug-likeness (QED) is 0.713. The third-order valence-corrected chi connectivity index (χ3v) is 3.68. The molecule has 1 amide bonds. The number of nitriles is 3. The van der Waals surface area contributed by atoms with Gasteiger partial charge in [0.15, 0.2) is 5.57 Å². The summed E-state index contributed by atoms with van der Waals surface area (Å²) in [5.41, 5.74) is 0.748. The first-order valence-corrected chi connectivity index (χ1v) is 8.92. The number of amides is 1. The molecule has 1 aromatic carbocycles. The maximum Gasteiger partial charge on any atom is 0.407 e. The van der Waals surface area contributed by atoms with Crippen molar-refractivity contribution in [1.29, 1.82) is 15.8 Å². The Morgan fingerprint density at radius 1 is 1.13 bits per heavy atom. The van der Waals surface area contributed by atoms with Crippen LogP contribution in [0.25, 0.3) is 11.5 Å². The highest BCUT2D eigenvalue weighted by Crippen LogP contribution is 2.24. The van der Waals surface area contributed by atoms with E-state index >= 15 is 0 Å². The van der Waals surface area contributed by atoms with E-state index in [1.165, 1.54) is 0 Å². The molecule has 9 heteroatoms. The molecule has 9 nitrogen and oxygen atoms in total. The van der Waals surface area contributed by atoms with Crippen molar-refractivity contribution in [2.75, 3.05) is 5.32 Å². The van der Waals surface area contributed by atoms with Crippen molar-refractivity contribution in [3.63, 3.8) is 0 Å². The van der Waals surface area contributed by atoms with Crippen molar-refractivity contribution in [3.8, 4) is 29.7 Å². The van der Waals surface area contributed by atoms with Crippen LogP contribution in [0.4, 0.5) is 10.5 Å². The number of hydrogen-bond donors (Lipinski definition) is 2. The highest BCUT2D eigenvalue weighted by Gasteiger charge is 2.17. The Bertz CT molecular complexity index is 1070. The van der Waals surface area contributed by atoms with Crippen LogP contribution in [0.5, 0.6) is 0 Å². The van der Waals surface area contributed by atoms with E-state index in [1.54, 1.807) is 70.2 Å². The van der Waals surface area contributed by atoms with Crippen LogP contribution in [-0.4, -0.2) is 16.7 Å². The second-order valence-electron chi connectivity index (χ2n) is 7.17. The van der Waals surface area contributed by atoms with Gasteiger partial charge in [0.25, 0.3) is 0 Å². The number of aryl methyl sites for hydroxylation is 1. The smallest absolute Gasteiger partial charge is 0.407 e. The van der Waals surface area contributed by atoms with E-state index in [0.717, 1.165) is 0 Å². The van der Waals surface area contributed by atoms with Crippen LogP contribution in [-0.2, 0) is 11.3 Å². The second kappa shape index (κ2) is 9.27. The van der Waals surface area contributed by atoms with Gasteiger partial charge in [-0.25, -0.2) is 9.78 Å². The largest absolute Gasteiger partial charge is 0.444 e. The lowest BCUT2D eigenvalue weighted by Gasteiger charge is -2.19. The highest BCUT2D eigenvalue weighted by molar-refractivity contribution is 5.67. The molecule has 0 aliphatic heterocycles. The van der Waals surface area contributed by atoms with Crippen molar-refractivity contribution >= 4 is 11.8 Å². The van der Waals surface area contributed by atoms with Crippen LogP contribution in [0.1, 0.15) is 32.2 Å². The minimum Gasteiger partial charge on any atom is -0.444 e. The number of alkyl carbamates (subject to hydrolysis) is 1. The van der Waals surface area contributed by atoms with E-state index in [0.29, 0.717) is 28.6 Å². The molecule has 30 heavy (non-hydrogen) atoms. The van der Waals surface area contributed by atoms with Crippen LogP contribution in [0.3, 0.4) is 0 Å².